The molecular formula is C15H21NO. The summed E-state index contributed by atoms with van der Waals surface area (Å²) in [5, 5.41) is 2.32. The molecule has 1 aromatic carbocycles. The van der Waals surface area contributed by atoms with Gasteiger partial charge in [0.2, 0.25) is 0 Å². The molecule has 0 amide bonds. The normalized spacial score (nSPS) is 10.0. The van der Waals surface area contributed by atoms with Gasteiger partial charge in [0, 0.05) is 17.0 Å². The van der Waals surface area contributed by atoms with E-state index in [0.29, 0.717) is 5.92 Å². The lowest BCUT2D eigenvalue weighted by Crippen LogP contribution is -1.92. The van der Waals surface area contributed by atoms with Crippen LogP contribution in [0.1, 0.15) is 39.2 Å². The molecule has 0 aliphatic rings. The maximum atomic E-state index is 5.30. The van der Waals surface area contributed by atoms with Crippen LogP contribution >= 0.6 is 0 Å². The Morgan fingerprint density at radius 2 is 1.76 bits per heavy atom. The van der Waals surface area contributed by atoms with E-state index >= 15 is 0 Å². The van der Waals surface area contributed by atoms with Crippen molar-refractivity contribution in [1.29, 1.82) is 0 Å². The van der Waals surface area contributed by atoms with Crippen molar-refractivity contribution >= 4 is 10.8 Å². The summed E-state index contributed by atoms with van der Waals surface area (Å²) >= 11 is 0. The summed E-state index contributed by atoms with van der Waals surface area (Å²) in [6, 6.07) is 6.29. The van der Waals surface area contributed by atoms with Gasteiger partial charge in [0.25, 0.3) is 0 Å². The predicted molar refractivity (Wildman–Crippen MR) is 73.7 cm³/mol. The number of methoxy groups -OCH3 is 1. The molecule has 0 saturated heterocycles. The zero-order valence-electron chi connectivity index (χ0n) is 11.3. The van der Waals surface area contributed by atoms with Gasteiger partial charge in [-0.2, -0.15) is 0 Å². The van der Waals surface area contributed by atoms with Crippen molar-refractivity contribution in [1.82, 2.24) is 4.98 Å². The number of hydrogen-bond acceptors (Lipinski definition) is 2. The molecule has 0 aliphatic carbocycles. The Morgan fingerprint density at radius 3 is 2.35 bits per heavy atom. The van der Waals surface area contributed by atoms with Gasteiger partial charge in [-0.1, -0.05) is 45.9 Å². The van der Waals surface area contributed by atoms with Crippen molar-refractivity contribution in [3.8, 4) is 5.75 Å². The molecule has 92 valence electrons. The van der Waals surface area contributed by atoms with Crippen molar-refractivity contribution in [2.45, 2.75) is 33.6 Å². The molecule has 0 saturated carbocycles. The Kier molecular flexibility index (Phi) is 4.95. The summed E-state index contributed by atoms with van der Waals surface area (Å²) in [4.78, 5) is 4.20. The average molecular weight is 231 g/mol. The Balaban J connectivity index is 0.000000686. The summed E-state index contributed by atoms with van der Waals surface area (Å²) < 4.78 is 5.30. The number of ether oxygens (including phenoxy) is 1. The fourth-order valence-corrected chi connectivity index (χ4v) is 1.86. The standard InChI is InChI=1S/C13H15NO.C2H6/c1-9(2)10-5-4-6-11-12(10)7-14-8-13(11)15-3;1-2/h4-9H,1-3H3;1-2H3. The van der Waals surface area contributed by atoms with Crippen LogP contribution < -0.4 is 4.74 Å². The lowest BCUT2D eigenvalue weighted by Gasteiger charge is -2.11. The number of aromatic nitrogens is 1. The number of nitrogens with zero attached hydrogens (tertiary/aromatic N) is 1. The van der Waals surface area contributed by atoms with E-state index in [2.05, 4.69) is 37.0 Å². The van der Waals surface area contributed by atoms with Crippen LogP contribution in [0.4, 0.5) is 0 Å². The molecule has 2 rings (SSSR count). The highest BCUT2D eigenvalue weighted by Crippen LogP contribution is 2.29. The summed E-state index contributed by atoms with van der Waals surface area (Å²) in [5.41, 5.74) is 1.32. The van der Waals surface area contributed by atoms with Crippen molar-refractivity contribution < 1.29 is 4.74 Å². The fraction of sp³-hybridized carbons (Fsp3) is 0.400. The van der Waals surface area contributed by atoms with E-state index in [-0.39, 0.29) is 0 Å². The third-order valence-corrected chi connectivity index (χ3v) is 2.64. The summed E-state index contributed by atoms with van der Waals surface area (Å²) in [6.07, 6.45) is 3.67. The molecule has 0 fully saturated rings. The van der Waals surface area contributed by atoms with Crippen LogP contribution in [0.25, 0.3) is 10.8 Å². The lowest BCUT2D eigenvalue weighted by atomic mass is 9.97. The first kappa shape index (κ1) is 13.5. The van der Waals surface area contributed by atoms with E-state index in [9.17, 15) is 0 Å². The number of benzene rings is 1. The van der Waals surface area contributed by atoms with Gasteiger partial charge in [-0.05, 0) is 11.5 Å². The highest BCUT2D eigenvalue weighted by molar-refractivity contribution is 5.90. The third-order valence-electron chi connectivity index (χ3n) is 2.64. The second-order valence-electron chi connectivity index (χ2n) is 3.94. The Morgan fingerprint density at radius 1 is 1.06 bits per heavy atom. The van der Waals surface area contributed by atoms with E-state index in [0.717, 1.165) is 11.1 Å². The van der Waals surface area contributed by atoms with Crippen LogP contribution in [0.15, 0.2) is 30.6 Å². The zero-order chi connectivity index (χ0) is 12.8. The molecule has 0 N–H and O–H groups in total. The number of rotatable bonds is 2. The lowest BCUT2D eigenvalue weighted by molar-refractivity contribution is 0.418. The maximum absolute atomic E-state index is 5.30. The van der Waals surface area contributed by atoms with Gasteiger partial charge in [0.05, 0.1) is 13.3 Å². The molecule has 0 unspecified atom stereocenters. The highest BCUT2D eigenvalue weighted by Gasteiger charge is 2.07. The molecule has 1 heterocycles. The van der Waals surface area contributed by atoms with E-state index in [1.54, 1.807) is 13.3 Å². The van der Waals surface area contributed by atoms with E-state index in [1.807, 2.05) is 20.0 Å². The Bertz CT molecular complexity index is 477. The van der Waals surface area contributed by atoms with Crippen molar-refractivity contribution in [3.05, 3.63) is 36.2 Å². The topological polar surface area (TPSA) is 22.1 Å². The number of fused-ring (bicyclic) bond motifs is 1. The first-order chi connectivity index (χ1) is 8.24. The maximum Gasteiger partial charge on any atom is 0.144 e. The van der Waals surface area contributed by atoms with Crippen LogP contribution in [0.5, 0.6) is 5.75 Å². The van der Waals surface area contributed by atoms with E-state index in [1.165, 1.54) is 10.9 Å². The SMILES string of the molecule is CC.COc1cncc2c(C(C)C)cccc12. The molecule has 1 aromatic heterocycles. The number of hydrogen-bond donors (Lipinski definition) is 0. The number of pyridine rings is 1. The quantitative estimate of drug-likeness (QED) is 0.764. The zero-order valence-corrected chi connectivity index (χ0v) is 11.3. The molecule has 0 bridgehead atoms. The molecule has 0 aliphatic heterocycles. The van der Waals surface area contributed by atoms with Gasteiger partial charge in [-0.3, -0.25) is 4.98 Å². The van der Waals surface area contributed by atoms with Gasteiger partial charge >= 0.3 is 0 Å². The second-order valence-corrected chi connectivity index (χ2v) is 3.94. The first-order valence-corrected chi connectivity index (χ1v) is 6.14. The monoisotopic (exact) mass is 231 g/mol. The van der Waals surface area contributed by atoms with Gasteiger partial charge in [0.15, 0.2) is 0 Å². The van der Waals surface area contributed by atoms with E-state index in [4.69, 9.17) is 4.74 Å². The minimum absolute atomic E-state index is 0.502. The van der Waals surface area contributed by atoms with Crippen LogP contribution in [-0.2, 0) is 0 Å². The third kappa shape index (κ3) is 2.76. The molecule has 0 radical (unpaired) electrons. The van der Waals surface area contributed by atoms with Crippen molar-refractivity contribution in [2.75, 3.05) is 7.11 Å². The largest absolute Gasteiger partial charge is 0.494 e. The van der Waals surface area contributed by atoms with Crippen molar-refractivity contribution in [2.24, 2.45) is 0 Å². The molecular weight excluding hydrogens is 210 g/mol. The Hall–Kier alpha value is -1.57. The molecule has 2 nitrogen and oxygen atoms in total. The molecule has 2 aromatic rings. The van der Waals surface area contributed by atoms with Crippen LogP contribution in [0, 0.1) is 0 Å². The molecule has 17 heavy (non-hydrogen) atoms. The van der Waals surface area contributed by atoms with Gasteiger partial charge < -0.3 is 4.74 Å². The smallest absolute Gasteiger partial charge is 0.144 e. The van der Waals surface area contributed by atoms with E-state index < -0.39 is 0 Å². The summed E-state index contributed by atoms with van der Waals surface area (Å²) in [5.74, 6) is 1.35. The minimum Gasteiger partial charge on any atom is -0.494 e. The summed E-state index contributed by atoms with van der Waals surface area (Å²) in [6.45, 7) is 8.38. The minimum atomic E-state index is 0.502. The van der Waals surface area contributed by atoms with Crippen LogP contribution in [-0.4, -0.2) is 12.1 Å². The average Bonchev–Trinajstić information content (AvgIpc) is 2.39. The first-order valence-electron chi connectivity index (χ1n) is 6.14. The fourth-order valence-electron chi connectivity index (χ4n) is 1.86. The molecule has 2 heteroatoms. The molecule has 0 spiro atoms. The van der Waals surface area contributed by atoms with Crippen LogP contribution in [0.3, 0.4) is 0 Å². The highest BCUT2D eigenvalue weighted by atomic mass is 16.5. The predicted octanol–water partition coefficient (Wildman–Crippen LogP) is 4.39. The van der Waals surface area contributed by atoms with Gasteiger partial charge in [-0.25, -0.2) is 0 Å². The van der Waals surface area contributed by atoms with Crippen molar-refractivity contribution in [3.63, 3.8) is 0 Å². The van der Waals surface area contributed by atoms with Gasteiger partial charge in [-0.15, -0.1) is 0 Å². The van der Waals surface area contributed by atoms with Gasteiger partial charge in [0.1, 0.15) is 5.75 Å². The second kappa shape index (κ2) is 6.24. The summed E-state index contributed by atoms with van der Waals surface area (Å²) in [7, 11) is 1.68. The Labute approximate surface area is 104 Å². The van der Waals surface area contributed by atoms with Crippen LogP contribution in [0.2, 0.25) is 0 Å². The molecule has 0 atom stereocenters.